The summed E-state index contributed by atoms with van der Waals surface area (Å²) in [6, 6.07) is 12.2. The van der Waals surface area contributed by atoms with Gasteiger partial charge in [0.25, 0.3) is 5.95 Å². The van der Waals surface area contributed by atoms with Crippen LogP contribution in [-0.4, -0.2) is 28.4 Å². The quantitative estimate of drug-likeness (QED) is 0.521. The van der Waals surface area contributed by atoms with Gasteiger partial charge in [-0.15, -0.1) is 11.3 Å². The number of nitrogens with zero attached hydrogens (tertiary/aromatic N) is 3. The summed E-state index contributed by atoms with van der Waals surface area (Å²) in [4.78, 5) is 6.63. The number of phenols is 1. The van der Waals surface area contributed by atoms with Crippen LogP contribution >= 0.6 is 11.3 Å². The monoisotopic (exact) mass is 405 g/mol. The third-order valence-electron chi connectivity index (χ3n) is 5.55. The Labute approximate surface area is 171 Å². The number of benzene rings is 2. The zero-order valence-corrected chi connectivity index (χ0v) is 16.5. The number of anilines is 1. The highest BCUT2D eigenvalue weighted by Crippen LogP contribution is 2.42. The lowest BCUT2D eigenvalue weighted by Crippen LogP contribution is -2.26. The van der Waals surface area contributed by atoms with E-state index in [1.165, 1.54) is 10.1 Å². The predicted molar refractivity (Wildman–Crippen MR) is 112 cm³/mol. The molecule has 1 aliphatic heterocycles. The van der Waals surface area contributed by atoms with E-state index in [0.717, 1.165) is 35.4 Å². The van der Waals surface area contributed by atoms with E-state index in [1.54, 1.807) is 17.4 Å². The molecule has 6 nitrogen and oxygen atoms in total. The maximum absolute atomic E-state index is 10.7. The van der Waals surface area contributed by atoms with Gasteiger partial charge in [-0.25, -0.2) is 0 Å². The van der Waals surface area contributed by atoms with Gasteiger partial charge in [-0.05, 0) is 47.1 Å². The first kappa shape index (κ1) is 16.9. The average Bonchev–Trinajstić information content (AvgIpc) is 3.37. The van der Waals surface area contributed by atoms with Crippen molar-refractivity contribution in [3.63, 3.8) is 0 Å². The number of aromatic hydroxyl groups is 1. The molecule has 6 rings (SSSR count). The van der Waals surface area contributed by atoms with E-state index in [4.69, 9.17) is 9.26 Å². The first-order chi connectivity index (χ1) is 14.3. The maximum atomic E-state index is 10.7. The topological polar surface area (TPSA) is 71.6 Å². The van der Waals surface area contributed by atoms with Crippen molar-refractivity contribution in [1.29, 1.82) is 0 Å². The third-order valence-corrected chi connectivity index (χ3v) is 6.51. The van der Waals surface area contributed by atoms with E-state index in [9.17, 15) is 5.11 Å². The van der Waals surface area contributed by atoms with Crippen LogP contribution in [0.1, 0.15) is 30.2 Å². The molecule has 3 heterocycles. The number of rotatable bonds is 3. The number of ether oxygens (including phenoxy) is 1. The predicted octanol–water partition coefficient (Wildman–Crippen LogP) is 4.93. The van der Waals surface area contributed by atoms with Crippen molar-refractivity contribution in [2.75, 3.05) is 18.1 Å². The molecule has 0 radical (unpaired) electrons. The van der Waals surface area contributed by atoms with Crippen LogP contribution in [0.2, 0.25) is 0 Å². The molecule has 0 bridgehead atoms. The standard InChI is InChI=1S/C22H19N3O3S/c26-18-10-14(17-12-29-19-4-2-1-3-16(17)19)9-15-11-25(7-8-27-20(15)18)22-23-21(28-24-22)13-5-6-13/h1-4,9-10,12-13,26H,5-8,11H2. The Morgan fingerprint density at radius 2 is 2.07 bits per heavy atom. The van der Waals surface area contributed by atoms with Crippen molar-refractivity contribution >= 4 is 27.4 Å². The molecule has 2 aliphatic rings. The molecule has 1 N–H and O–H groups in total. The molecule has 2 aromatic heterocycles. The van der Waals surface area contributed by atoms with Crippen molar-refractivity contribution in [1.82, 2.24) is 10.1 Å². The molecule has 0 saturated heterocycles. The van der Waals surface area contributed by atoms with Gasteiger partial charge in [-0.1, -0.05) is 18.2 Å². The summed E-state index contributed by atoms with van der Waals surface area (Å²) in [6.07, 6.45) is 2.25. The van der Waals surface area contributed by atoms with Gasteiger partial charge in [0.05, 0.1) is 6.54 Å². The van der Waals surface area contributed by atoms with Gasteiger partial charge in [-0.3, -0.25) is 0 Å². The highest BCUT2D eigenvalue weighted by Gasteiger charge is 2.31. The van der Waals surface area contributed by atoms with E-state index in [1.807, 2.05) is 12.1 Å². The molecule has 0 atom stereocenters. The van der Waals surface area contributed by atoms with Gasteiger partial charge in [0.15, 0.2) is 11.5 Å². The van der Waals surface area contributed by atoms with Crippen LogP contribution in [0.3, 0.4) is 0 Å². The lowest BCUT2D eigenvalue weighted by atomic mass is 10.0. The molecule has 0 amide bonds. The molecule has 2 aromatic carbocycles. The molecule has 4 aromatic rings. The number of thiophene rings is 1. The summed E-state index contributed by atoms with van der Waals surface area (Å²) < 4.78 is 12.5. The largest absolute Gasteiger partial charge is 0.504 e. The summed E-state index contributed by atoms with van der Waals surface area (Å²) in [5, 5.41) is 18.2. The Balaban J connectivity index is 1.39. The number of hydrogen-bond donors (Lipinski definition) is 1. The van der Waals surface area contributed by atoms with E-state index in [-0.39, 0.29) is 5.75 Å². The van der Waals surface area contributed by atoms with Crippen molar-refractivity contribution < 1.29 is 14.4 Å². The van der Waals surface area contributed by atoms with Crippen LogP contribution < -0.4 is 9.64 Å². The van der Waals surface area contributed by atoms with Gasteiger partial charge in [0.2, 0.25) is 5.89 Å². The maximum Gasteiger partial charge on any atom is 0.266 e. The zero-order valence-electron chi connectivity index (χ0n) is 15.7. The minimum atomic E-state index is 0.168. The van der Waals surface area contributed by atoms with E-state index in [2.05, 4.69) is 38.6 Å². The molecule has 29 heavy (non-hydrogen) atoms. The summed E-state index contributed by atoms with van der Waals surface area (Å²) in [7, 11) is 0. The first-order valence-corrected chi connectivity index (χ1v) is 10.7. The summed E-state index contributed by atoms with van der Waals surface area (Å²) >= 11 is 1.71. The van der Waals surface area contributed by atoms with Crippen molar-refractivity contribution in [3.8, 4) is 22.6 Å². The third kappa shape index (κ3) is 2.93. The Bertz CT molecular complexity index is 1210. The van der Waals surface area contributed by atoms with E-state index >= 15 is 0 Å². The molecule has 0 spiro atoms. The minimum Gasteiger partial charge on any atom is -0.504 e. The van der Waals surface area contributed by atoms with Crippen molar-refractivity contribution in [2.45, 2.75) is 25.3 Å². The molecular weight excluding hydrogens is 386 g/mol. The SMILES string of the molecule is Oc1cc(-c2csc3ccccc23)cc2c1OCCN(c1noc(C3CC3)n1)C2. The highest BCUT2D eigenvalue weighted by atomic mass is 32.1. The summed E-state index contributed by atoms with van der Waals surface area (Å²) in [6.45, 7) is 1.64. The van der Waals surface area contributed by atoms with Crippen molar-refractivity contribution in [2.24, 2.45) is 0 Å². The van der Waals surface area contributed by atoms with Crippen molar-refractivity contribution in [3.05, 3.63) is 53.2 Å². The van der Waals surface area contributed by atoms with Crippen LogP contribution in [0.5, 0.6) is 11.5 Å². The lowest BCUT2D eigenvalue weighted by Gasteiger charge is -2.17. The van der Waals surface area contributed by atoms with E-state index in [0.29, 0.717) is 37.3 Å². The molecule has 1 fully saturated rings. The normalized spacial score (nSPS) is 16.5. The second-order valence-corrected chi connectivity index (χ2v) is 8.52. The van der Waals surface area contributed by atoms with Crippen LogP contribution in [0.25, 0.3) is 21.2 Å². The molecule has 0 unspecified atom stereocenters. The van der Waals surface area contributed by atoms with Gasteiger partial charge in [0, 0.05) is 33.7 Å². The fourth-order valence-electron chi connectivity index (χ4n) is 3.88. The number of hydrogen-bond acceptors (Lipinski definition) is 7. The van der Waals surface area contributed by atoms with Gasteiger partial charge >= 0.3 is 0 Å². The van der Waals surface area contributed by atoms with Gasteiger partial charge in [0.1, 0.15) is 6.61 Å². The molecule has 7 heteroatoms. The van der Waals surface area contributed by atoms with Gasteiger partial charge in [-0.2, -0.15) is 4.98 Å². The second-order valence-electron chi connectivity index (χ2n) is 7.61. The molecule has 1 aliphatic carbocycles. The van der Waals surface area contributed by atoms with Crippen LogP contribution in [0, 0.1) is 0 Å². The number of fused-ring (bicyclic) bond motifs is 2. The van der Waals surface area contributed by atoms with Gasteiger partial charge < -0.3 is 19.3 Å². The Morgan fingerprint density at radius 3 is 2.97 bits per heavy atom. The molecular formula is C22H19N3O3S. The van der Waals surface area contributed by atoms with Crippen LogP contribution in [0.4, 0.5) is 5.95 Å². The minimum absolute atomic E-state index is 0.168. The Kier molecular flexibility index (Phi) is 3.77. The average molecular weight is 405 g/mol. The summed E-state index contributed by atoms with van der Waals surface area (Å²) in [5.74, 6) is 2.46. The zero-order chi connectivity index (χ0) is 19.4. The first-order valence-electron chi connectivity index (χ1n) is 9.80. The summed E-state index contributed by atoms with van der Waals surface area (Å²) in [5.41, 5.74) is 3.02. The van der Waals surface area contributed by atoms with Crippen LogP contribution in [0.15, 0.2) is 46.3 Å². The smallest absolute Gasteiger partial charge is 0.266 e. The fourth-order valence-corrected chi connectivity index (χ4v) is 4.85. The Hall–Kier alpha value is -3.06. The molecule has 1 saturated carbocycles. The Morgan fingerprint density at radius 1 is 1.17 bits per heavy atom. The molecule has 146 valence electrons. The highest BCUT2D eigenvalue weighted by molar-refractivity contribution is 7.17. The lowest BCUT2D eigenvalue weighted by molar-refractivity contribution is 0.311. The number of aromatic nitrogens is 2. The second kappa shape index (κ2) is 6.49. The number of phenolic OH excluding ortho intramolecular Hbond substituents is 1. The van der Waals surface area contributed by atoms with E-state index < -0.39 is 0 Å². The fraction of sp³-hybridized carbons (Fsp3) is 0.273. The van der Waals surface area contributed by atoms with Crippen LogP contribution in [-0.2, 0) is 6.54 Å².